The van der Waals surface area contributed by atoms with Crippen molar-refractivity contribution in [3.05, 3.63) is 28.8 Å². The number of halogens is 3. The topological polar surface area (TPSA) is 29.5 Å². The summed E-state index contributed by atoms with van der Waals surface area (Å²) in [5.74, 6) is -2.68. The quantitative estimate of drug-likeness (QED) is 0.870. The highest BCUT2D eigenvalue weighted by molar-refractivity contribution is 6.32. The Morgan fingerprint density at radius 1 is 1.44 bits per heavy atom. The highest BCUT2D eigenvalue weighted by Crippen LogP contribution is 2.35. The molecule has 0 unspecified atom stereocenters. The Hall–Kier alpha value is -0.870. The lowest BCUT2D eigenvalue weighted by atomic mass is 10.1. The molecule has 1 rings (SSSR count). The van der Waals surface area contributed by atoms with Crippen molar-refractivity contribution in [3.8, 4) is 5.75 Å². The van der Waals surface area contributed by atoms with E-state index in [0.717, 1.165) is 0 Å². The van der Waals surface area contributed by atoms with Crippen LogP contribution in [0.15, 0.2) is 18.2 Å². The lowest BCUT2D eigenvalue weighted by Gasteiger charge is -2.16. The van der Waals surface area contributed by atoms with Crippen molar-refractivity contribution in [2.45, 2.75) is 19.3 Å². The van der Waals surface area contributed by atoms with Gasteiger partial charge in [-0.15, -0.1) is 0 Å². The summed E-state index contributed by atoms with van der Waals surface area (Å²) in [4.78, 5) is 0. The van der Waals surface area contributed by atoms with Gasteiger partial charge in [-0.05, 0) is 25.1 Å². The number of rotatable bonds is 5. The molecule has 1 N–H and O–H groups in total. The number of ether oxygens (including phenoxy) is 1. The maximum atomic E-state index is 13.4. The van der Waals surface area contributed by atoms with E-state index < -0.39 is 19.0 Å². The Morgan fingerprint density at radius 2 is 2.12 bits per heavy atom. The van der Waals surface area contributed by atoms with Crippen LogP contribution in [0.4, 0.5) is 8.78 Å². The van der Waals surface area contributed by atoms with E-state index in [4.69, 9.17) is 21.4 Å². The summed E-state index contributed by atoms with van der Waals surface area (Å²) in [7, 11) is 0. The molecule has 0 aliphatic heterocycles. The lowest BCUT2D eigenvalue weighted by Crippen LogP contribution is -2.15. The Bertz CT molecular complexity index is 356. The average molecular weight is 251 g/mol. The first-order chi connectivity index (χ1) is 7.51. The molecule has 0 aromatic heterocycles. The molecular weight excluding hydrogens is 238 g/mol. The summed E-state index contributed by atoms with van der Waals surface area (Å²) < 4.78 is 31.9. The fourth-order valence-corrected chi connectivity index (χ4v) is 1.52. The van der Waals surface area contributed by atoms with Gasteiger partial charge >= 0.3 is 0 Å². The van der Waals surface area contributed by atoms with Gasteiger partial charge in [0.25, 0.3) is 5.92 Å². The lowest BCUT2D eigenvalue weighted by molar-refractivity contribution is -0.0269. The molecule has 1 aromatic rings. The van der Waals surface area contributed by atoms with Crippen molar-refractivity contribution in [1.29, 1.82) is 0 Å². The molecule has 0 saturated heterocycles. The zero-order valence-electron chi connectivity index (χ0n) is 8.84. The van der Waals surface area contributed by atoms with Gasteiger partial charge in [0.1, 0.15) is 5.75 Å². The van der Waals surface area contributed by atoms with Gasteiger partial charge in [0.05, 0.1) is 11.6 Å². The summed E-state index contributed by atoms with van der Waals surface area (Å²) in [6.07, 6.45) is -0.614. The molecule has 90 valence electrons. The van der Waals surface area contributed by atoms with Crippen molar-refractivity contribution < 1.29 is 18.6 Å². The molecule has 0 spiro atoms. The minimum absolute atomic E-state index is 0.150. The van der Waals surface area contributed by atoms with Crippen LogP contribution in [0.2, 0.25) is 5.02 Å². The Morgan fingerprint density at radius 3 is 2.62 bits per heavy atom. The highest BCUT2D eigenvalue weighted by Gasteiger charge is 2.31. The van der Waals surface area contributed by atoms with Crippen molar-refractivity contribution in [3.63, 3.8) is 0 Å². The summed E-state index contributed by atoms with van der Waals surface area (Å²) in [5, 5.41) is 8.68. The van der Waals surface area contributed by atoms with Crippen LogP contribution in [0.5, 0.6) is 5.75 Å². The van der Waals surface area contributed by atoms with E-state index in [1.54, 1.807) is 6.92 Å². The first-order valence-electron chi connectivity index (χ1n) is 4.92. The predicted molar refractivity (Wildman–Crippen MR) is 58.2 cm³/mol. The largest absolute Gasteiger partial charge is 0.492 e. The van der Waals surface area contributed by atoms with Crippen molar-refractivity contribution in [2.24, 2.45) is 0 Å². The van der Waals surface area contributed by atoms with Crippen LogP contribution in [0.3, 0.4) is 0 Å². The van der Waals surface area contributed by atoms with E-state index >= 15 is 0 Å². The Labute approximate surface area is 97.8 Å². The van der Waals surface area contributed by atoms with Crippen LogP contribution < -0.4 is 4.74 Å². The molecular formula is C11H13ClF2O2. The second-order valence-corrected chi connectivity index (χ2v) is 3.66. The van der Waals surface area contributed by atoms with Crippen LogP contribution in [0.1, 0.15) is 18.9 Å². The molecule has 0 bridgehead atoms. The van der Waals surface area contributed by atoms with Gasteiger partial charge < -0.3 is 9.84 Å². The van der Waals surface area contributed by atoms with E-state index in [1.165, 1.54) is 18.2 Å². The molecule has 0 heterocycles. The number of aliphatic hydroxyl groups excluding tert-OH is 1. The van der Waals surface area contributed by atoms with Gasteiger partial charge in [-0.25, -0.2) is 8.78 Å². The van der Waals surface area contributed by atoms with Gasteiger partial charge in [-0.2, -0.15) is 0 Å². The van der Waals surface area contributed by atoms with Crippen molar-refractivity contribution in [2.75, 3.05) is 13.2 Å². The van der Waals surface area contributed by atoms with Crippen LogP contribution >= 0.6 is 11.6 Å². The number of alkyl halides is 2. The molecule has 1 aromatic carbocycles. The van der Waals surface area contributed by atoms with Crippen LogP contribution in [0, 0.1) is 0 Å². The number of hydrogen-bond donors (Lipinski definition) is 1. The summed E-state index contributed by atoms with van der Waals surface area (Å²) in [6, 6.07) is 3.83. The second-order valence-electron chi connectivity index (χ2n) is 3.26. The molecule has 0 aliphatic carbocycles. The minimum atomic E-state index is -3.07. The van der Waals surface area contributed by atoms with E-state index in [0.29, 0.717) is 12.4 Å². The fourth-order valence-electron chi connectivity index (χ4n) is 1.29. The third-order valence-electron chi connectivity index (χ3n) is 2.08. The van der Waals surface area contributed by atoms with E-state index in [1.807, 2.05) is 0 Å². The number of hydrogen-bond acceptors (Lipinski definition) is 2. The predicted octanol–water partition coefficient (Wildman–Crippen LogP) is 3.21. The van der Waals surface area contributed by atoms with Crippen LogP contribution in [0.25, 0.3) is 0 Å². The number of aliphatic hydroxyl groups is 1. The molecule has 0 aliphatic rings. The zero-order valence-corrected chi connectivity index (χ0v) is 9.60. The minimum Gasteiger partial charge on any atom is -0.492 e. The Kier molecular flexibility index (Phi) is 4.50. The van der Waals surface area contributed by atoms with Crippen LogP contribution in [-0.2, 0) is 5.92 Å². The maximum absolute atomic E-state index is 13.4. The van der Waals surface area contributed by atoms with Crippen molar-refractivity contribution >= 4 is 11.6 Å². The average Bonchev–Trinajstić information content (AvgIpc) is 2.21. The molecule has 0 atom stereocenters. The van der Waals surface area contributed by atoms with E-state index in [-0.39, 0.29) is 10.6 Å². The van der Waals surface area contributed by atoms with Gasteiger partial charge in [0, 0.05) is 18.6 Å². The molecule has 0 fully saturated rings. The zero-order chi connectivity index (χ0) is 12.2. The smallest absolute Gasteiger partial charge is 0.275 e. The maximum Gasteiger partial charge on any atom is 0.275 e. The summed E-state index contributed by atoms with van der Waals surface area (Å²) >= 11 is 5.79. The van der Waals surface area contributed by atoms with Crippen molar-refractivity contribution in [1.82, 2.24) is 0 Å². The molecule has 5 heteroatoms. The highest BCUT2D eigenvalue weighted by atomic mass is 35.5. The summed E-state index contributed by atoms with van der Waals surface area (Å²) in [6.45, 7) is 1.63. The van der Waals surface area contributed by atoms with Gasteiger partial charge in [-0.1, -0.05) is 11.6 Å². The first kappa shape index (κ1) is 13.2. The van der Waals surface area contributed by atoms with Gasteiger partial charge in [0.2, 0.25) is 0 Å². The summed E-state index contributed by atoms with van der Waals surface area (Å²) in [5.41, 5.74) is -0.213. The molecule has 2 nitrogen and oxygen atoms in total. The molecule has 0 radical (unpaired) electrons. The van der Waals surface area contributed by atoms with Crippen LogP contribution in [-0.4, -0.2) is 18.3 Å². The van der Waals surface area contributed by atoms with Gasteiger partial charge in [-0.3, -0.25) is 0 Å². The SMILES string of the molecule is CCOc1ccc(C(F)(F)CCO)cc1Cl. The molecule has 0 saturated carbocycles. The fraction of sp³-hybridized carbons (Fsp3) is 0.455. The second kappa shape index (κ2) is 5.46. The van der Waals surface area contributed by atoms with E-state index in [9.17, 15) is 8.78 Å². The molecule has 0 amide bonds. The first-order valence-corrected chi connectivity index (χ1v) is 5.30. The Balaban J connectivity index is 2.96. The normalized spacial score (nSPS) is 11.6. The van der Waals surface area contributed by atoms with Gasteiger partial charge in [0.15, 0.2) is 0 Å². The standard InChI is InChI=1S/C11H13ClF2O2/c1-2-16-10-4-3-8(7-9(10)12)11(13,14)5-6-15/h3-4,7,15H,2,5-6H2,1H3. The monoisotopic (exact) mass is 250 g/mol. The van der Waals surface area contributed by atoms with E-state index in [2.05, 4.69) is 0 Å². The third-order valence-corrected chi connectivity index (χ3v) is 2.38. The number of benzene rings is 1. The molecule has 16 heavy (non-hydrogen) atoms. The third kappa shape index (κ3) is 3.06.